The number of nitrogens with zero attached hydrogens (tertiary/aromatic N) is 2. The summed E-state index contributed by atoms with van der Waals surface area (Å²) in [5.41, 5.74) is 9.55. The topological polar surface area (TPSA) is 328 Å². The summed E-state index contributed by atoms with van der Waals surface area (Å²) in [5.74, 6) is -6.89. The number of carboxylic acid groups (broad SMARTS) is 1. The van der Waals surface area contributed by atoms with E-state index in [0.717, 1.165) is 5.01 Å². The zero-order chi connectivity index (χ0) is 36.9. The van der Waals surface area contributed by atoms with Crippen LogP contribution >= 0.6 is 0 Å². The fraction of sp³-hybridized carbons (Fsp3) is 0.643. The van der Waals surface area contributed by atoms with Gasteiger partial charge in [0.05, 0.1) is 19.8 Å². The van der Waals surface area contributed by atoms with E-state index in [4.69, 9.17) is 16.6 Å². The third kappa shape index (κ3) is 11.0. The van der Waals surface area contributed by atoms with Crippen molar-refractivity contribution in [2.45, 2.75) is 95.7 Å². The van der Waals surface area contributed by atoms with Gasteiger partial charge in [0, 0.05) is 12.3 Å². The molecule has 20 heteroatoms. The number of hydrogen-bond acceptors (Lipinski definition) is 13. The second kappa shape index (κ2) is 18.7. The Kier molecular flexibility index (Phi) is 16.2. The number of carbonyl (C=O) groups is 7. The summed E-state index contributed by atoms with van der Waals surface area (Å²) < 4.78 is 0. The third-order valence-corrected chi connectivity index (χ3v) is 7.25. The first-order chi connectivity index (χ1) is 22.4. The first-order valence-electron chi connectivity index (χ1n) is 15.0. The molecule has 0 saturated heterocycles. The molecule has 0 unspecified atom stereocenters. The van der Waals surface area contributed by atoms with Crippen molar-refractivity contribution < 1.29 is 54.0 Å². The molecule has 0 aromatic heterocycles. The van der Waals surface area contributed by atoms with Gasteiger partial charge in [-0.1, -0.05) is 6.92 Å². The molecule has 1 aliphatic rings. The van der Waals surface area contributed by atoms with Crippen LogP contribution in [0.15, 0.2) is 16.4 Å². The molecule has 6 amide bonds. The minimum absolute atomic E-state index is 0.0341. The van der Waals surface area contributed by atoms with Gasteiger partial charge in [0.15, 0.2) is 6.04 Å². The number of aliphatic hydroxyl groups excluding tert-OH is 3. The largest absolute Gasteiger partial charge is 0.480 e. The first-order valence-corrected chi connectivity index (χ1v) is 15.0. The maximum Gasteiger partial charge on any atom is 0.328 e. The number of rotatable bonds is 17. The van der Waals surface area contributed by atoms with E-state index in [2.05, 4.69) is 31.7 Å². The van der Waals surface area contributed by atoms with E-state index in [9.17, 15) is 48.9 Å². The molecule has 1 aliphatic heterocycles. The molecule has 6 atom stereocenters. The van der Waals surface area contributed by atoms with Crippen molar-refractivity contribution >= 4 is 47.6 Å². The number of carbonyl (C=O) groups excluding carboxylic acids is 6. The average molecular weight is 686 g/mol. The van der Waals surface area contributed by atoms with E-state index in [0.29, 0.717) is 5.57 Å². The molecule has 0 aromatic carbocycles. The number of hydrazone groups is 1. The standard InChI is InChI=1S/C28H47N9O11/c1-6-16(22(42)35-19(13(2)3)24(44)34-17(10-38)26(46)47)33-23(43)18-8-7-9-31-37(18)25(45)20(14(4)29)36-21(41)15(5)32-27(48)28(30,11-39)12-40/h9,14-18,20,38-40H,6-8,10-12,29-30H2,1-5H3,(H,32,48)(H,33,43)(H,34,44)(H,35,42)(H,36,41)(H,46,47)/t14-,15-,16-,17-,18-,20-/m0/s1. The summed E-state index contributed by atoms with van der Waals surface area (Å²) in [4.78, 5) is 89.3. The molecular weight excluding hydrogens is 638 g/mol. The molecule has 270 valence electrons. The normalized spacial score (nSPS) is 17.5. The van der Waals surface area contributed by atoms with E-state index in [1.807, 2.05) is 0 Å². The molecular formula is C28H47N9O11. The monoisotopic (exact) mass is 685 g/mol. The zero-order valence-corrected chi connectivity index (χ0v) is 27.5. The van der Waals surface area contributed by atoms with E-state index in [1.165, 1.54) is 33.9 Å². The van der Waals surface area contributed by atoms with Crippen LogP contribution in [-0.2, 0) is 33.6 Å². The molecule has 1 heterocycles. The molecule has 0 bridgehead atoms. The van der Waals surface area contributed by atoms with Gasteiger partial charge in [0.1, 0.15) is 35.4 Å². The molecule has 0 aliphatic carbocycles. The van der Waals surface area contributed by atoms with Crippen LogP contribution in [-0.4, -0.2) is 135 Å². The van der Waals surface area contributed by atoms with Crippen molar-refractivity contribution in [3.05, 3.63) is 11.3 Å². The number of hydrogen-bond donors (Lipinski definition) is 11. The minimum Gasteiger partial charge on any atom is -0.480 e. The summed E-state index contributed by atoms with van der Waals surface area (Å²) >= 11 is 0. The Balaban J connectivity index is 3.11. The summed E-state index contributed by atoms with van der Waals surface area (Å²) in [6.45, 7) is 4.47. The Morgan fingerprint density at radius 1 is 0.958 bits per heavy atom. The lowest BCUT2D eigenvalue weighted by molar-refractivity contribution is -0.145. The Morgan fingerprint density at radius 3 is 2.04 bits per heavy atom. The molecule has 1 rings (SSSR count). The Hall–Kier alpha value is -4.50. The summed E-state index contributed by atoms with van der Waals surface area (Å²) in [6.07, 6.45) is 1.75. The van der Waals surface area contributed by atoms with Gasteiger partial charge >= 0.3 is 5.97 Å². The number of carboxylic acids is 1. The quantitative estimate of drug-likeness (QED) is 0.0639. The molecule has 0 fully saturated rings. The molecule has 0 spiro atoms. The van der Waals surface area contributed by atoms with Gasteiger partial charge in [-0.05, 0) is 52.5 Å². The zero-order valence-electron chi connectivity index (χ0n) is 27.5. The predicted molar refractivity (Wildman–Crippen MR) is 168 cm³/mol. The molecule has 13 N–H and O–H groups in total. The van der Waals surface area contributed by atoms with E-state index in [-0.39, 0.29) is 25.0 Å². The summed E-state index contributed by atoms with van der Waals surface area (Å²) in [5, 5.41) is 53.5. The number of nitrogens with two attached hydrogens (primary N) is 2. The van der Waals surface area contributed by atoms with E-state index < -0.39 is 103 Å². The van der Waals surface area contributed by atoms with Crippen LogP contribution in [0.3, 0.4) is 0 Å². The van der Waals surface area contributed by atoms with Gasteiger partial charge in [0.2, 0.25) is 23.6 Å². The minimum atomic E-state index is -2.07. The van der Waals surface area contributed by atoms with Crippen LogP contribution < -0.4 is 38.1 Å². The lowest BCUT2D eigenvalue weighted by atomic mass is 10.0. The number of aliphatic carboxylic acids is 1. The lowest BCUT2D eigenvalue weighted by Gasteiger charge is -2.34. The fourth-order valence-corrected chi connectivity index (χ4v) is 4.13. The van der Waals surface area contributed by atoms with Crippen molar-refractivity contribution in [2.75, 3.05) is 19.8 Å². The van der Waals surface area contributed by atoms with Crippen molar-refractivity contribution in [2.24, 2.45) is 16.6 Å². The van der Waals surface area contributed by atoms with Crippen LogP contribution in [0.5, 0.6) is 0 Å². The van der Waals surface area contributed by atoms with Gasteiger partial charge in [-0.25, -0.2) is 9.80 Å². The molecule has 0 aromatic rings. The Labute approximate surface area is 276 Å². The highest BCUT2D eigenvalue weighted by atomic mass is 16.4. The highest BCUT2D eigenvalue weighted by Gasteiger charge is 2.40. The lowest BCUT2D eigenvalue weighted by Crippen LogP contribution is -2.64. The van der Waals surface area contributed by atoms with Gasteiger partial charge in [-0.15, -0.1) is 0 Å². The third-order valence-electron chi connectivity index (χ3n) is 7.25. The van der Waals surface area contributed by atoms with E-state index >= 15 is 0 Å². The number of aliphatic hydroxyl groups is 3. The van der Waals surface area contributed by atoms with Crippen LogP contribution in [0.4, 0.5) is 0 Å². The molecule has 0 saturated carbocycles. The number of allylic oxidation sites excluding steroid dienone is 1. The molecule has 20 nitrogen and oxygen atoms in total. The van der Waals surface area contributed by atoms with Crippen molar-refractivity contribution in [3.63, 3.8) is 0 Å². The van der Waals surface area contributed by atoms with E-state index in [1.54, 1.807) is 6.92 Å². The second-order valence-electron chi connectivity index (χ2n) is 11.5. The summed E-state index contributed by atoms with van der Waals surface area (Å²) in [6, 6.07) is -7.88. The SMILES string of the molecule is CC[C@H](NC(=O)[C@@H]1CCC=NN1C(=O)[C@@H](NC(=O)[C@H](C)NC(=O)C(N)(CO)CO)[C@H](C)N)C(=O)NC(C(=O)N[C@@H](CO)C(=O)O)=C(C)C. The van der Waals surface area contributed by atoms with Crippen molar-refractivity contribution in [3.8, 4) is 0 Å². The van der Waals surface area contributed by atoms with Crippen LogP contribution in [0.25, 0.3) is 0 Å². The van der Waals surface area contributed by atoms with Gasteiger partial charge < -0.3 is 58.5 Å². The smallest absolute Gasteiger partial charge is 0.328 e. The maximum atomic E-state index is 13.6. The maximum absolute atomic E-state index is 13.6. The number of nitrogens with one attached hydrogen (secondary N) is 5. The summed E-state index contributed by atoms with van der Waals surface area (Å²) in [7, 11) is 0. The molecule has 0 radical (unpaired) electrons. The van der Waals surface area contributed by atoms with Crippen molar-refractivity contribution in [1.82, 2.24) is 31.6 Å². The Bertz CT molecular complexity index is 1280. The van der Waals surface area contributed by atoms with Crippen LogP contribution in [0.2, 0.25) is 0 Å². The highest BCUT2D eigenvalue weighted by Crippen LogP contribution is 2.16. The van der Waals surface area contributed by atoms with Gasteiger partial charge in [-0.3, -0.25) is 28.8 Å². The second-order valence-corrected chi connectivity index (χ2v) is 11.5. The first kappa shape index (κ1) is 41.5. The van der Waals surface area contributed by atoms with Crippen molar-refractivity contribution in [1.29, 1.82) is 0 Å². The predicted octanol–water partition coefficient (Wildman–Crippen LogP) is -5.15. The van der Waals surface area contributed by atoms with Crippen LogP contribution in [0, 0.1) is 0 Å². The van der Waals surface area contributed by atoms with Gasteiger partial charge in [-0.2, -0.15) is 5.10 Å². The van der Waals surface area contributed by atoms with Gasteiger partial charge in [0.25, 0.3) is 11.8 Å². The number of amides is 6. The molecule has 48 heavy (non-hydrogen) atoms. The Morgan fingerprint density at radius 2 is 1.56 bits per heavy atom. The van der Waals surface area contributed by atoms with Crippen LogP contribution in [0.1, 0.15) is 53.9 Å². The fourth-order valence-electron chi connectivity index (χ4n) is 4.13. The highest BCUT2D eigenvalue weighted by molar-refractivity contribution is 6.02. The average Bonchev–Trinajstić information content (AvgIpc) is 3.05.